The van der Waals surface area contributed by atoms with E-state index in [1.807, 2.05) is 19.1 Å². The van der Waals surface area contributed by atoms with Crippen molar-refractivity contribution in [1.29, 1.82) is 0 Å². The summed E-state index contributed by atoms with van der Waals surface area (Å²) in [6.45, 7) is 3.95. The van der Waals surface area contributed by atoms with Gasteiger partial charge in [-0.15, -0.1) is 0 Å². The molecule has 0 spiro atoms. The number of ether oxygens (including phenoxy) is 1. The van der Waals surface area contributed by atoms with Gasteiger partial charge < -0.3 is 14.9 Å². The molecule has 2 unspecified atom stereocenters. The molecule has 5 nitrogen and oxygen atoms in total. The van der Waals surface area contributed by atoms with Crippen molar-refractivity contribution in [3.05, 3.63) is 12.2 Å². The van der Waals surface area contributed by atoms with Crippen LogP contribution in [0.4, 0.5) is 0 Å². The largest absolute Gasteiger partial charge is 0.469 e. The Morgan fingerprint density at radius 1 is 1.26 bits per heavy atom. The summed E-state index contributed by atoms with van der Waals surface area (Å²) in [5, 5.41) is 20.6. The highest BCUT2D eigenvalue weighted by Gasteiger charge is 2.39. The van der Waals surface area contributed by atoms with Gasteiger partial charge in [0, 0.05) is 24.7 Å². The second kappa shape index (κ2) is 12.3. The first kappa shape index (κ1) is 23.8. The second-order valence-electron chi connectivity index (χ2n) is 8.18. The van der Waals surface area contributed by atoms with Crippen LogP contribution in [0.5, 0.6) is 0 Å². The van der Waals surface area contributed by atoms with E-state index in [1.165, 1.54) is 7.11 Å². The van der Waals surface area contributed by atoms with Crippen LogP contribution in [-0.2, 0) is 14.3 Å². The van der Waals surface area contributed by atoms with E-state index < -0.39 is 11.7 Å². The minimum atomic E-state index is -0.727. The molecule has 1 saturated carbocycles. The van der Waals surface area contributed by atoms with Gasteiger partial charge in [0.25, 0.3) is 0 Å². The summed E-state index contributed by atoms with van der Waals surface area (Å²) >= 11 is 0. The summed E-state index contributed by atoms with van der Waals surface area (Å²) in [5.41, 5.74) is -0.727. The summed E-state index contributed by atoms with van der Waals surface area (Å²) in [7, 11) is 1.40. The first-order chi connectivity index (χ1) is 12.8. The van der Waals surface area contributed by atoms with Crippen molar-refractivity contribution in [3.63, 3.8) is 0 Å². The molecular formula is C22H38O5. The summed E-state index contributed by atoms with van der Waals surface area (Å²) in [5.74, 6) is -0.305. The molecule has 0 aromatic heterocycles. The molecule has 5 heteroatoms. The zero-order valence-electron chi connectivity index (χ0n) is 17.3. The van der Waals surface area contributed by atoms with E-state index >= 15 is 0 Å². The SMILES string of the molecule is CCCCC(C)(O)CC=C[C@H]1C(O)CC(=O)[C@@H]1CCCCCCC(=O)OC. The van der Waals surface area contributed by atoms with Crippen molar-refractivity contribution in [2.24, 2.45) is 11.8 Å². The van der Waals surface area contributed by atoms with Crippen molar-refractivity contribution in [2.75, 3.05) is 7.11 Å². The molecule has 27 heavy (non-hydrogen) atoms. The van der Waals surface area contributed by atoms with E-state index in [4.69, 9.17) is 0 Å². The lowest BCUT2D eigenvalue weighted by molar-refractivity contribution is -0.140. The normalized spacial score (nSPS) is 25.1. The first-order valence-electron chi connectivity index (χ1n) is 10.5. The minimum Gasteiger partial charge on any atom is -0.469 e. The van der Waals surface area contributed by atoms with Gasteiger partial charge in [0.2, 0.25) is 0 Å². The molecule has 4 atom stereocenters. The molecule has 0 aliphatic heterocycles. The Hall–Kier alpha value is -1.20. The number of hydrogen-bond acceptors (Lipinski definition) is 5. The maximum atomic E-state index is 12.2. The van der Waals surface area contributed by atoms with Crippen LogP contribution < -0.4 is 0 Å². The number of ketones is 1. The molecule has 1 fully saturated rings. The quantitative estimate of drug-likeness (QED) is 0.286. The van der Waals surface area contributed by atoms with E-state index in [1.54, 1.807) is 0 Å². The Balaban J connectivity index is 2.42. The van der Waals surface area contributed by atoms with Crippen LogP contribution in [-0.4, -0.2) is 40.8 Å². The molecule has 2 N–H and O–H groups in total. The maximum Gasteiger partial charge on any atom is 0.305 e. The van der Waals surface area contributed by atoms with Crippen molar-refractivity contribution < 1.29 is 24.5 Å². The van der Waals surface area contributed by atoms with Gasteiger partial charge in [0.05, 0.1) is 18.8 Å². The summed E-state index contributed by atoms with van der Waals surface area (Å²) < 4.78 is 4.62. The second-order valence-corrected chi connectivity index (χ2v) is 8.18. The third-order valence-electron chi connectivity index (χ3n) is 5.59. The monoisotopic (exact) mass is 382 g/mol. The van der Waals surface area contributed by atoms with E-state index in [0.717, 1.165) is 51.4 Å². The molecule has 1 aliphatic carbocycles. The number of rotatable bonds is 13. The van der Waals surface area contributed by atoms with Crippen molar-refractivity contribution in [2.45, 2.75) is 96.2 Å². The van der Waals surface area contributed by atoms with Crippen molar-refractivity contribution >= 4 is 11.8 Å². The van der Waals surface area contributed by atoms with Gasteiger partial charge in [-0.05, 0) is 32.6 Å². The Morgan fingerprint density at radius 2 is 1.96 bits per heavy atom. The fourth-order valence-electron chi connectivity index (χ4n) is 3.82. The van der Waals surface area contributed by atoms with Crippen molar-refractivity contribution in [1.82, 2.24) is 0 Å². The molecule has 0 aromatic carbocycles. The highest BCUT2D eigenvalue weighted by Crippen LogP contribution is 2.34. The lowest BCUT2D eigenvalue weighted by Crippen LogP contribution is -2.23. The fraction of sp³-hybridized carbons (Fsp3) is 0.818. The molecule has 0 saturated heterocycles. The Kier molecular flexibility index (Phi) is 10.9. The molecule has 156 valence electrons. The number of aliphatic hydroxyl groups is 2. The zero-order chi connectivity index (χ0) is 20.3. The predicted octanol–water partition coefficient (Wildman–Crippen LogP) is 3.95. The fourth-order valence-corrected chi connectivity index (χ4v) is 3.82. The van der Waals surface area contributed by atoms with Crippen LogP contribution in [0.25, 0.3) is 0 Å². The van der Waals surface area contributed by atoms with Crippen molar-refractivity contribution in [3.8, 4) is 0 Å². The van der Waals surface area contributed by atoms with E-state index in [2.05, 4.69) is 11.7 Å². The number of carbonyl (C=O) groups excluding carboxylic acids is 2. The van der Waals surface area contributed by atoms with E-state index in [9.17, 15) is 19.8 Å². The van der Waals surface area contributed by atoms with Gasteiger partial charge in [-0.1, -0.05) is 51.2 Å². The van der Waals surface area contributed by atoms with Gasteiger partial charge >= 0.3 is 5.97 Å². The molecule has 0 bridgehead atoms. The van der Waals surface area contributed by atoms with Crippen LogP contribution in [0.2, 0.25) is 0 Å². The van der Waals surface area contributed by atoms with E-state index in [0.29, 0.717) is 12.8 Å². The molecule has 1 rings (SSSR count). The topological polar surface area (TPSA) is 83.8 Å². The molecule has 0 heterocycles. The van der Waals surface area contributed by atoms with Crippen LogP contribution in [0, 0.1) is 11.8 Å². The molecule has 0 amide bonds. The van der Waals surface area contributed by atoms with Crippen LogP contribution >= 0.6 is 0 Å². The third kappa shape index (κ3) is 9.02. The molecule has 1 aliphatic rings. The highest BCUT2D eigenvalue weighted by atomic mass is 16.5. The van der Waals surface area contributed by atoms with Gasteiger partial charge in [-0.2, -0.15) is 0 Å². The number of methoxy groups -OCH3 is 1. The number of hydrogen-bond donors (Lipinski definition) is 2. The molecular weight excluding hydrogens is 344 g/mol. The maximum absolute atomic E-state index is 12.2. The number of Topliss-reactive ketones (excluding diaryl/α,β-unsaturated/α-hetero) is 1. The minimum absolute atomic E-state index is 0.127. The summed E-state index contributed by atoms with van der Waals surface area (Å²) in [6.07, 6.45) is 11.7. The highest BCUT2D eigenvalue weighted by molar-refractivity contribution is 5.84. The number of esters is 1. The van der Waals surface area contributed by atoms with Gasteiger partial charge in [-0.25, -0.2) is 0 Å². The number of carbonyl (C=O) groups is 2. The number of aliphatic hydroxyl groups excluding tert-OH is 1. The lowest BCUT2D eigenvalue weighted by Gasteiger charge is -2.22. The van der Waals surface area contributed by atoms with E-state index in [-0.39, 0.29) is 30.0 Å². The molecule has 0 aromatic rings. The summed E-state index contributed by atoms with van der Waals surface area (Å²) in [6, 6.07) is 0. The summed E-state index contributed by atoms with van der Waals surface area (Å²) in [4.78, 5) is 23.3. The number of unbranched alkanes of at least 4 members (excludes halogenated alkanes) is 4. The van der Waals surface area contributed by atoms with Gasteiger partial charge in [0.15, 0.2) is 0 Å². The lowest BCUT2D eigenvalue weighted by atomic mass is 9.87. The Labute approximate surface area is 164 Å². The standard InChI is InChI=1S/C22H38O5/c1-4-5-14-22(2,26)15-10-12-18-17(19(23)16-20(18)24)11-8-6-7-9-13-21(25)27-3/h10,12,17-18,20,24,26H,4-9,11,13-16H2,1-3H3/t17-,18-,20?,22?/m1/s1. The van der Waals surface area contributed by atoms with Gasteiger partial charge in [-0.3, -0.25) is 9.59 Å². The van der Waals surface area contributed by atoms with Gasteiger partial charge in [0.1, 0.15) is 5.78 Å². The average molecular weight is 383 g/mol. The third-order valence-corrected chi connectivity index (χ3v) is 5.59. The van der Waals surface area contributed by atoms with Crippen LogP contribution in [0.3, 0.4) is 0 Å². The Bertz CT molecular complexity index is 483. The zero-order valence-corrected chi connectivity index (χ0v) is 17.3. The van der Waals surface area contributed by atoms with Crippen LogP contribution in [0.15, 0.2) is 12.2 Å². The predicted molar refractivity (Wildman–Crippen MR) is 106 cm³/mol. The average Bonchev–Trinajstić information content (AvgIpc) is 2.89. The molecule has 0 radical (unpaired) electrons. The first-order valence-corrected chi connectivity index (χ1v) is 10.5. The Morgan fingerprint density at radius 3 is 2.63 bits per heavy atom. The van der Waals surface area contributed by atoms with Crippen LogP contribution in [0.1, 0.15) is 84.5 Å². The smallest absolute Gasteiger partial charge is 0.305 e.